The number of hydrogen-bond donors (Lipinski definition) is 0. The molecule has 16 heavy (non-hydrogen) atoms. The van der Waals surface area contributed by atoms with E-state index in [1.807, 2.05) is 37.3 Å². The molecular formula is C11H8BrClN2S. The molecule has 1 heterocycles. The summed E-state index contributed by atoms with van der Waals surface area (Å²) in [7, 11) is 0. The number of halogens is 2. The highest BCUT2D eigenvalue weighted by molar-refractivity contribution is 9.10. The average molecular weight is 316 g/mol. The van der Waals surface area contributed by atoms with Crippen molar-refractivity contribution in [3.05, 3.63) is 45.8 Å². The van der Waals surface area contributed by atoms with Crippen molar-refractivity contribution < 1.29 is 0 Å². The van der Waals surface area contributed by atoms with Gasteiger partial charge in [-0.05, 0) is 52.7 Å². The van der Waals surface area contributed by atoms with Crippen molar-refractivity contribution in [2.45, 2.75) is 16.8 Å². The molecule has 0 saturated carbocycles. The van der Waals surface area contributed by atoms with Crippen molar-refractivity contribution in [3.8, 4) is 0 Å². The first-order valence-corrected chi connectivity index (χ1v) is 6.57. The second kappa shape index (κ2) is 5.17. The maximum Gasteiger partial charge on any atom is 0.223 e. The van der Waals surface area contributed by atoms with Gasteiger partial charge in [-0.1, -0.05) is 23.9 Å². The van der Waals surface area contributed by atoms with Crippen molar-refractivity contribution in [3.63, 3.8) is 0 Å². The zero-order valence-electron chi connectivity index (χ0n) is 8.45. The Kier molecular flexibility index (Phi) is 3.84. The van der Waals surface area contributed by atoms with Gasteiger partial charge in [0.2, 0.25) is 5.28 Å². The monoisotopic (exact) mass is 314 g/mol. The van der Waals surface area contributed by atoms with Crippen LogP contribution in [-0.2, 0) is 0 Å². The Morgan fingerprint density at radius 3 is 2.69 bits per heavy atom. The van der Waals surface area contributed by atoms with Crippen molar-refractivity contribution in [2.24, 2.45) is 0 Å². The van der Waals surface area contributed by atoms with Gasteiger partial charge in [-0.25, -0.2) is 9.97 Å². The van der Waals surface area contributed by atoms with Crippen LogP contribution in [0.25, 0.3) is 0 Å². The van der Waals surface area contributed by atoms with E-state index in [4.69, 9.17) is 11.6 Å². The van der Waals surface area contributed by atoms with Gasteiger partial charge in [-0.3, -0.25) is 0 Å². The predicted molar refractivity (Wildman–Crippen MR) is 70.0 cm³/mol. The summed E-state index contributed by atoms with van der Waals surface area (Å²) in [5.74, 6) is 0. The van der Waals surface area contributed by atoms with Gasteiger partial charge in [0.1, 0.15) is 5.03 Å². The molecule has 0 aliphatic rings. The summed E-state index contributed by atoms with van der Waals surface area (Å²) >= 11 is 10.9. The summed E-state index contributed by atoms with van der Waals surface area (Å²) in [4.78, 5) is 9.30. The molecule has 0 fully saturated rings. The molecule has 2 nitrogen and oxygen atoms in total. The van der Waals surface area contributed by atoms with E-state index >= 15 is 0 Å². The Hall–Kier alpha value is -0.580. The molecule has 0 amide bonds. The third-order valence-corrected chi connectivity index (χ3v) is 3.97. The molecule has 0 aliphatic carbocycles. The molecule has 0 saturated heterocycles. The van der Waals surface area contributed by atoms with E-state index in [1.165, 1.54) is 0 Å². The molecular weight excluding hydrogens is 308 g/mol. The number of rotatable bonds is 2. The van der Waals surface area contributed by atoms with E-state index < -0.39 is 0 Å². The summed E-state index contributed by atoms with van der Waals surface area (Å²) in [5.41, 5.74) is 0.870. The second-order valence-electron chi connectivity index (χ2n) is 3.15. The molecule has 0 N–H and O–H groups in total. The third kappa shape index (κ3) is 2.97. The predicted octanol–water partition coefficient (Wildman–Crippen LogP) is 4.35. The molecule has 0 atom stereocenters. The van der Waals surface area contributed by atoms with Crippen LogP contribution in [0, 0.1) is 6.92 Å². The molecule has 82 valence electrons. The fourth-order valence-electron chi connectivity index (χ4n) is 1.20. The fourth-order valence-corrected chi connectivity index (χ4v) is 2.90. The van der Waals surface area contributed by atoms with Gasteiger partial charge in [-0.15, -0.1) is 0 Å². The van der Waals surface area contributed by atoms with Crippen LogP contribution in [0.4, 0.5) is 0 Å². The lowest BCUT2D eigenvalue weighted by Crippen LogP contribution is -1.88. The lowest BCUT2D eigenvalue weighted by Gasteiger charge is -2.04. The normalized spacial score (nSPS) is 10.4. The van der Waals surface area contributed by atoms with Crippen LogP contribution < -0.4 is 0 Å². The van der Waals surface area contributed by atoms with Crippen LogP contribution in [0.1, 0.15) is 5.69 Å². The molecule has 2 aromatic rings. The first-order valence-electron chi connectivity index (χ1n) is 4.59. The van der Waals surface area contributed by atoms with Crippen LogP contribution in [-0.4, -0.2) is 9.97 Å². The van der Waals surface area contributed by atoms with Crippen LogP contribution >= 0.6 is 39.3 Å². The molecule has 0 aliphatic heterocycles. The quantitative estimate of drug-likeness (QED) is 0.608. The lowest BCUT2D eigenvalue weighted by atomic mass is 10.4. The zero-order chi connectivity index (χ0) is 11.5. The minimum Gasteiger partial charge on any atom is -0.223 e. The topological polar surface area (TPSA) is 25.8 Å². The number of nitrogens with zero attached hydrogens (tertiary/aromatic N) is 2. The molecule has 0 radical (unpaired) electrons. The van der Waals surface area contributed by atoms with Crippen molar-refractivity contribution >= 4 is 39.3 Å². The molecule has 5 heteroatoms. The Labute approximate surface area is 112 Å². The maximum atomic E-state index is 5.81. The Morgan fingerprint density at radius 2 is 2.00 bits per heavy atom. The van der Waals surface area contributed by atoms with E-state index in [0.717, 1.165) is 20.1 Å². The van der Waals surface area contributed by atoms with Crippen LogP contribution in [0.5, 0.6) is 0 Å². The highest BCUT2D eigenvalue weighted by Gasteiger charge is 2.05. The number of aryl methyl sites for hydroxylation is 1. The lowest BCUT2D eigenvalue weighted by molar-refractivity contribution is 1.01. The van der Waals surface area contributed by atoms with Gasteiger partial charge in [0, 0.05) is 15.1 Å². The van der Waals surface area contributed by atoms with Gasteiger partial charge in [0.15, 0.2) is 0 Å². The van der Waals surface area contributed by atoms with E-state index in [1.54, 1.807) is 11.8 Å². The van der Waals surface area contributed by atoms with Crippen LogP contribution in [0.3, 0.4) is 0 Å². The smallest absolute Gasteiger partial charge is 0.223 e. The van der Waals surface area contributed by atoms with E-state index in [9.17, 15) is 0 Å². The summed E-state index contributed by atoms with van der Waals surface area (Å²) in [6, 6.07) is 9.91. The van der Waals surface area contributed by atoms with E-state index in [2.05, 4.69) is 25.9 Å². The Balaban J connectivity index is 2.30. The first-order chi connectivity index (χ1) is 7.65. The van der Waals surface area contributed by atoms with Crippen molar-refractivity contribution in [1.29, 1.82) is 0 Å². The van der Waals surface area contributed by atoms with Crippen molar-refractivity contribution in [1.82, 2.24) is 9.97 Å². The van der Waals surface area contributed by atoms with Gasteiger partial charge in [0.25, 0.3) is 0 Å². The minimum atomic E-state index is 0.287. The Bertz CT molecular complexity index is 499. The van der Waals surface area contributed by atoms with Gasteiger partial charge in [-0.2, -0.15) is 0 Å². The van der Waals surface area contributed by atoms with Gasteiger partial charge in [0.05, 0.1) is 0 Å². The standard InChI is InChI=1S/C11H8BrClN2S/c1-7-6-10(15-11(13)14-7)16-9-5-3-2-4-8(9)12/h2-6H,1H3. The number of benzene rings is 1. The highest BCUT2D eigenvalue weighted by atomic mass is 79.9. The molecule has 0 bridgehead atoms. The SMILES string of the molecule is Cc1cc(Sc2ccccc2Br)nc(Cl)n1. The second-order valence-corrected chi connectivity index (χ2v) is 5.40. The highest BCUT2D eigenvalue weighted by Crippen LogP contribution is 2.32. The molecule has 1 aromatic carbocycles. The van der Waals surface area contributed by atoms with Crippen LogP contribution in [0.15, 0.2) is 44.7 Å². The average Bonchev–Trinajstić information content (AvgIpc) is 2.20. The molecule has 2 rings (SSSR count). The summed E-state index contributed by atoms with van der Waals surface area (Å²) in [6.07, 6.45) is 0. The largest absolute Gasteiger partial charge is 0.223 e. The molecule has 0 spiro atoms. The minimum absolute atomic E-state index is 0.287. The third-order valence-electron chi connectivity index (χ3n) is 1.85. The molecule has 1 aromatic heterocycles. The fraction of sp³-hybridized carbons (Fsp3) is 0.0909. The van der Waals surface area contributed by atoms with Gasteiger partial charge >= 0.3 is 0 Å². The maximum absolute atomic E-state index is 5.81. The molecule has 0 unspecified atom stereocenters. The van der Waals surface area contributed by atoms with E-state index in [0.29, 0.717) is 0 Å². The van der Waals surface area contributed by atoms with Crippen LogP contribution in [0.2, 0.25) is 5.28 Å². The zero-order valence-corrected chi connectivity index (χ0v) is 11.6. The van der Waals surface area contributed by atoms with Crippen molar-refractivity contribution in [2.75, 3.05) is 0 Å². The summed E-state index contributed by atoms with van der Waals surface area (Å²) in [5, 5.41) is 1.14. The number of aromatic nitrogens is 2. The Morgan fingerprint density at radius 1 is 1.25 bits per heavy atom. The van der Waals surface area contributed by atoms with E-state index in [-0.39, 0.29) is 5.28 Å². The van der Waals surface area contributed by atoms with Gasteiger partial charge < -0.3 is 0 Å². The first kappa shape index (κ1) is 11.9. The number of hydrogen-bond acceptors (Lipinski definition) is 3. The summed E-state index contributed by atoms with van der Waals surface area (Å²) < 4.78 is 1.05. The summed E-state index contributed by atoms with van der Waals surface area (Å²) in [6.45, 7) is 1.90.